The van der Waals surface area contributed by atoms with Gasteiger partial charge in [-0.1, -0.05) is 13.0 Å². The molecule has 0 aliphatic heterocycles. The van der Waals surface area contributed by atoms with E-state index in [0.717, 1.165) is 11.5 Å². The maximum atomic E-state index is 11.9. The predicted octanol–water partition coefficient (Wildman–Crippen LogP) is 2.81. The van der Waals surface area contributed by atoms with Gasteiger partial charge in [-0.25, -0.2) is 9.78 Å². The smallest absolute Gasteiger partial charge is 0.360 e. The number of benzene rings is 1. The maximum Gasteiger partial charge on any atom is 0.360 e. The highest BCUT2D eigenvalue weighted by Gasteiger charge is 2.21. The molecule has 0 atom stereocenters. The first kappa shape index (κ1) is 15.1. The van der Waals surface area contributed by atoms with Gasteiger partial charge in [0.2, 0.25) is 0 Å². The van der Waals surface area contributed by atoms with E-state index in [4.69, 9.17) is 10.5 Å². The summed E-state index contributed by atoms with van der Waals surface area (Å²) in [5, 5.41) is 0. The molecule has 0 saturated carbocycles. The zero-order valence-electron chi connectivity index (χ0n) is 12.9. The molecule has 2 N–H and O–H groups in total. The van der Waals surface area contributed by atoms with Gasteiger partial charge in [-0.2, -0.15) is 0 Å². The number of rotatable bonds is 4. The van der Waals surface area contributed by atoms with Crippen LogP contribution in [-0.4, -0.2) is 22.1 Å². The van der Waals surface area contributed by atoms with E-state index < -0.39 is 5.97 Å². The van der Waals surface area contributed by atoms with E-state index in [9.17, 15) is 4.79 Å². The van der Waals surface area contributed by atoms with Gasteiger partial charge in [0.1, 0.15) is 11.6 Å². The minimum atomic E-state index is -0.479. The van der Waals surface area contributed by atoms with Crippen LogP contribution in [0.3, 0.4) is 0 Å². The second-order valence-corrected chi connectivity index (χ2v) is 4.94. The summed E-state index contributed by atoms with van der Waals surface area (Å²) in [6.45, 7) is 8.14. The van der Waals surface area contributed by atoms with Crippen molar-refractivity contribution in [2.45, 2.75) is 34.1 Å². The van der Waals surface area contributed by atoms with Crippen molar-refractivity contribution in [2.24, 2.45) is 0 Å². The molecule has 0 bridgehead atoms. The fourth-order valence-corrected chi connectivity index (χ4v) is 2.22. The Morgan fingerprint density at radius 2 is 2.00 bits per heavy atom. The Kier molecular flexibility index (Phi) is 4.31. The largest absolute Gasteiger partial charge is 0.461 e. The Labute approximate surface area is 124 Å². The highest BCUT2D eigenvalue weighted by molar-refractivity contribution is 5.92. The number of anilines is 1. The Morgan fingerprint density at radius 1 is 1.29 bits per heavy atom. The number of nitrogen functional groups attached to an aromatic ring is 1. The molecule has 112 valence electrons. The minimum Gasteiger partial charge on any atom is -0.461 e. The van der Waals surface area contributed by atoms with Gasteiger partial charge in [0, 0.05) is 12.1 Å². The number of carbonyl (C=O) groups is 1. The SMILES string of the molecule is CCOC(=O)c1nc(CC)n(-c2ccc(C)c(C)c2)c1N. The topological polar surface area (TPSA) is 70.1 Å². The molecule has 0 saturated heterocycles. The fourth-order valence-electron chi connectivity index (χ4n) is 2.22. The zero-order valence-corrected chi connectivity index (χ0v) is 12.9. The van der Waals surface area contributed by atoms with Crippen molar-refractivity contribution in [1.82, 2.24) is 9.55 Å². The van der Waals surface area contributed by atoms with Crippen molar-refractivity contribution in [3.63, 3.8) is 0 Å². The molecule has 0 aliphatic rings. The lowest BCUT2D eigenvalue weighted by Gasteiger charge is -2.11. The average molecular weight is 287 g/mol. The molecule has 0 unspecified atom stereocenters. The average Bonchev–Trinajstić information content (AvgIpc) is 2.79. The summed E-state index contributed by atoms with van der Waals surface area (Å²) in [6, 6.07) is 6.06. The maximum absolute atomic E-state index is 11.9. The number of imidazole rings is 1. The van der Waals surface area contributed by atoms with Crippen molar-refractivity contribution in [1.29, 1.82) is 0 Å². The minimum absolute atomic E-state index is 0.187. The van der Waals surface area contributed by atoms with Gasteiger partial charge in [0.05, 0.1) is 6.61 Å². The van der Waals surface area contributed by atoms with Crippen molar-refractivity contribution >= 4 is 11.8 Å². The molecule has 0 amide bonds. The highest BCUT2D eigenvalue weighted by atomic mass is 16.5. The Morgan fingerprint density at radius 3 is 2.57 bits per heavy atom. The van der Waals surface area contributed by atoms with E-state index in [1.165, 1.54) is 11.1 Å². The van der Waals surface area contributed by atoms with Crippen LogP contribution in [0, 0.1) is 13.8 Å². The summed E-state index contributed by atoms with van der Waals surface area (Å²) in [7, 11) is 0. The van der Waals surface area contributed by atoms with Crippen LogP contribution in [0.1, 0.15) is 41.3 Å². The van der Waals surface area contributed by atoms with Gasteiger partial charge in [-0.05, 0) is 44.0 Å². The Balaban J connectivity index is 2.57. The number of hydrogen-bond acceptors (Lipinski definition) is 4. The van der Waals surface area contributed by atoms with Gasteiger partial charge < -0.3 is 10.5 Å². The first-order valence-electron chi connectivity index (χ1n) is 7.11. The summed E-state index contributed by atoms with van der Waals surface area (Å²) in [4.78, 5) is 16.3. The molecule has 1 heterocycles. The monoisotopic (exact) mass is 287 g/mol. The Hall–Kier alpha value is -2.30. The summed E-state index contributed by atoms with van der Waals surface area (Å²) >= 11 is 0. The van der Waals surface area contributed by atoms with Crippen LogP contribution in [0.4, 0.5) is 5.82 Å². The zero-order chi connectivity index (χ0) is 15.6. The summed E-state index contributed by atoms with van der Waals surface area (Å²) < 4.78 is 6.82. The molecule has 0 aliphatic carbocycles. The molecule has 1 aromatic heterocycles. The van der Waals surface area contributed by atoms with Crippen molar-refractivity contribution in [2.75, 3.05) is 12.3 Å². The lowest BCUT2D eigenvalue weighted by Crippen LogP contribution is -2.09. The predicted molar refractivity (Wildman–Crippen MR) is 82.8 cm³/mol. The third-order valence-electron chi connectivity index (χ3n) is 3.52. The number of nitrogens with two attached hydrogens (primary N) is 1. The van der Waals surface area contributed by atoms with Crippen LogP contribution in [0.25, 0.3) is 5.69 Å². The number of hydrogen-bond donors (Lipinski definition) is 1. The summed E-state index contributed by atoms with van der Waals surface area (Å²) in [6.07, 6.45) is 0.677. The van der Waals surface area contributed by atoms with Crippen LogP contribution in [0.5, 0.6) is 0 Å². The van der Waals surface area contributed by atoms with Gasteiger partial charge in [-0.3, -0.25) is 4.57 Å². The van der Waals surface area contributed by atoms with Gasteiger partial charge in [-0.15, -0.1) is 0 Å². The summed E-state index contributed by atoms with van der Waals surface area (Å²) in [5.41, 5.74) is 9.61. The molecule has 2 aromatic rings. The molecule has 0 fully saturated rings. The normalized spacial score (nSPS) is 10.7. The second-order valence-electron chi connectivity index (χ2n) is 4.94. The van der Waals surface area contributed by atoms with E-state index in [2.05, 4.69) is 11.9 Å². The molecule has 21 heavy (non-hydrogen) atoms. The van der Waals surface area contributed by atoms with E-state index in [0.29, 0.717) is 18.8 Å². The van der Waals surface area contributed by atoms with Gasteiger partial charge >= 0.3 is 5.97 Å². The third-order valence-corrected chi connectivity index (χ3v) is 3.52. The lowest BCUT2D eigenvalue weighted by atomic mass is 10.1. The third kappa shape index (κ3) is 2.77. The highest BCUT2D eigenvalue weighted by Crippen LogP contribution is 2.23. The van der Waals surface area contributed by atoms with E-state index in [1.54, 1.807) is 6.92 Å². The van der Waals surface area contributed by atoms with Crippen molar-refractivity contribution < 1.29 is 9.53 Å². The molecule has 5 nitrogen and oxygen atoms in total. The van der Waals surface area contributed by atoms with Crippen LogP contribution >= 0.6 is 0 Å². The quantitative estimate of drug-likeness (QED) is 0.878. The van der Waals surface area contributed by atoms with Gasteiger partial charge in [0.25, 0.3) is 0 Å². The molecule has 1 aromatic carbocycles. The van der Waals surface area contributed by atoms with Crippen LogP contribution in [0.15, 0.2) is 18.2 Å². The van der Waals surface area contributed by atoms with Crippen LogP contribution in [-0.2, 0) is 11.2 Å². The number of aryl methyl sites for hydroxylation is 3. The van der Waals surface area contributed by atoms with Crippen LogP contribution < -0.4 is 5.73 Å². The number of carbonyl (C=O) groups excluding carboxylic acids is 1. The van der Waals surface area contributed by atoms with Crippen LogP contribution in [0.2, 0.25) is 0 Å². The Bertz CT molecular complexity index is 674. The molecule has 0 spiro atoms. The first-order valence-corrected chi connectivity index (χ1v) is 7.11. The van der Waals surface area contributed by atoms with E-state index >= 15 is 0 Å². The molecular formula is C16H21N3O2. The molecular weight excluding hydrogens is 266 g/mol. The summed E-state index contributed by atoms with van der Waals surface area (Å²) in [5.74, 6) is 0.597. The molecule has 0 radical (unpaired) electrons. The van der Waals surface area contributed by atoms with E-state index in [1.807, 2.05) is 36.6 Å². The number of aromatic nitrogens is 2. The first-order chi connectivity index (χ1) is 9.99. The van der Waals surface area contributed by atoms with E-state index in [-0.39, 0.29) is 5.69 Å². The lowest BCUT2D eigenvalue weighted by molar-refractivity contribution is 0.0521. The number of ether oxygens (including phenoxy) is 1. The molecule has 2 rings (SSSR count). The van der Waals surface area contributed by atoms with Crippen molar-refractivity contribution in [3.8, 4) is 5.69 Å². The van der Waals surface area contributed by atoms with Crippen molar-refractivity contribution in [3.05, 3.63) is 40.8 Å². The number of nitrogens with zero attached hydrogens (tertiary/aromatic N) is 2. The standard InChI is InChI=1S/C16H21N3O2/c1-5-13-18-14(16(20)21-6-2)15(17)19(13)12-8-7-10(3)11(4)9-12/h7-9H,5-6,17H2,1-4H3. The number of esters is 1. The second kappa shape index (κ2) is 5.99. The molecule has 5 heteroatoms. The van der Waals surface area contributed by atoms with Gasteiger partial charge in [0.15, 0.2) is 5.69 Å². The fraction of sp³-hybridized carbons (Fsp3) is 0.375.